The van der Waals surface area contributed by atoms with Crippen LogP contribution in [0, 0.1) is 6.92 Å². The largest absolute Gasteiger partial charge is 0.477 e. The molecule has 1 heterocycles. The molecule has 110 valence electrons. The number of ether oxygens (including phenoxy) is 1. The van der Waals surface area contributed by atoms with Gasteiger partial charge in [-0.1, -0.05) is 13.0 Å². The Kier molecular flexibility index (Phi) is 5.39. The van der Waals surface area contributed by atoms with Crippen molar-refractivity contribution in [2.75, 3.05) is 18.5 Å². The third-order valence-electron chi connectivity index (χ3n) is 3.39. The van der Waals surface area contributed by atoms with Crippen LogP contribution < -0.4 is 10.1 Å². The smallest absolute Gasteiger partial charge is 0.221 e. The molecule has 4 heteroatoms. The second kappa shape index (κ2) is 7.27. The average Bonchev–Trinajstić information content (AvgIpc) is 3.28. The predicted octanol–water partition coefficient (Wildman–Crippen LogP) is 3.83. The molecule has 0 aliphatic heterocycles. The van der Waals surface area contributed by atoms with Gasteiger partial charge in [-0.2, -0.15) is 4.98 Å². The summed E-state index contributed by atoms with van der Waals surface area (Å²) in [5.74, 6) is 3.15. The Bertz CT molecular complexity index is 455. The molecule has 1 saturated carbocycles. The molecule has 1 aromatic heterocycles. The summed E-state index contributed by atoms with van der Waals surface area (Å²) in [5, 5.41) is 3.38. The second-order valence-electron chi connectivity index (χ2n) is 5.34. The standard InChI is InChI=1S/C16H25N3O/c1-4-6-7-11-20-16-12(3)14(17-10-5-2)18-15(19-16)13-8-9-13/h4,13H,1,5-11H2,2-3H3,(H,17,18,19). The maximum Gasteiger partial charge on any atom is 0.221 e. The van der Waals surface area contributed by atoms with Crippen LogP contribution in [0.5, 0.6) is 5.88 Å². The molecule has 1 aromatic rings. The lowest BCUT2D eigenvalue weighted by Crippen LogP contribution is -2.10. The summed E-state index contributed by atoms with van der Waals surface area (Å²) in [4.78, 5) is 9.26. The molecule has 2 rings (SSSR count). The van der Waals surface area contributed by atoms with E-state index in [1.54, 1.807) is 0 Å². The fraction of sp³-hybridized carbons (Fsp3) is 0.625. The van der Waals surface area contributed by atoms with Crippen molar-refractivity contribution in [2.24, 2.45) is 0 Å². The van der Waals surface area contributed by atoms with E-state index < -0.39 is 0 Å². The Labute approximate surface area is 121 Å². The van der Waals surface area contributed by atoms with E-state index in [-0.39, 0.29) is 0 Å². The van der Waals surface area contributed by atoms with Crippen molar-refractivity contribution in [2.45, 2.75) is 51.9 Å². The van der Waals surface area contributed by atoms with Crippen LogP contribution in [0.4, 0.5) is 5.82 Å². The molecule has 20 heavy (non-hydrogen) atoms. The molecule has 0 aromatic carbocycles. The van der Waals surface area contributed by atoms with Gasteiger partial charge in [-0.3, -0.25) is 0 Å². The van der Waals surface area contributed by atoms with Crippen molar-refractivity contribution >= 4 is 5.82 Å². The Morgan fingerprint density at radius 2 is 2.20 bits per heavy atom. The van der Waals surface area contributed by atoms with Gasteiger partial charge in [0, 0.05) is 12.5 Å². The highest BCUT2D eigenvalue weighted by atomic mass is 16.5. The lowest BCUT2D eigenvalue weighted by Gasteiger charge is -2.14. The molecule has 1 aliphatic carbocycles. The van der Waals surface area contributed by atoms with Crippen LogP contribution in [0.2, 0.25) is 0 Å². The first-order valence-corrected chi connectivity index (χ1v) is 7.62. The van der Waals surface area contributed by atoms with Gasteiger partial charge in [0.1, 0.15) is 11.6 Å². The molecule has 4 nitrogen and oxygen atoms in total. The van der Waals surface area contributed by atoms with E-state index in [1.165, 1.54) is 12.8 Å². The number of aromatic nitrogens is 2. The van der Waals surface area contributed by atoms with Crippen LogP contribution >= 0.6 is 0 Å². The SMILES string of the molecule is C=CCCCOc1nc(C2CC2)nc(NCCC)c1C. The quantitative estimate of drug-likeness (QED) is 0.549. The number of hydrogen-bond donors (Lipinski definition) is 1. The van der Waals surface area contributed by atoms with Gasteiger partial charge in [0.05, 0.1) is 12.2 Å². The van der Waals surface area contributed by atoms with E-state index in [1.807, 2.05) is 13.0 Å². The Morgan fingerprint density at radius 3 is 2.85 bits per heavy atom. The second-order valence-corrected chi connectivity index (χ2v) is 5.34. The van der Waals surface area contributed by atoms with Crippen molar-refractivity contribution in [1.82, 2.24) is 9.97 Å². The highest BCUT2D eigenvalue weighted by Gasteiger charge is 2.28. The first kappa shape index (κ1) is 14.8. The fourth-order valence-electron chi connectivity index (χ4n) is 1.99. The van der Waals surface area contributed by atoms with Crippen LogP contribution in [-0.4, -0.2) is 23.1 Å². The number of anilines is 1. The van der Waals surface area contributed by atoms with Crippen LogP contribution in [-0.2, 0) is 0 Å². The van der Waals surface area contributed by atoms with E-state index in [4.69, 9.17) is 4.74 Å². The first-order valence-electron chi connectivity index (χ1n) is 7.62. The number of hydrogen-bond acceptors (Lipinski definition) is 4. The molecule has 0 radical (unpaired) electrons. The minimum absolute atomic E-state index is 0.535. The third-order valence-corrected chi connectivity index (χ3v) is 3.39. The van der Waals surface area contributed by atoms with Gasteiger partial charge in [0.15, 0.2) is 0 Å². The highest BCUT2D eigenvalue weighted by molar-refractivity contribution is 5.49. The third kappa shape index (κ3) is 3.95. The summed E-state index contributed by atoms with van der Waals surface area (Å²) in [7, 11) is 0. The lowest BCUT2D eigenvalue weighted by molar-refractivity contribution is 0.296. The summed E-state index contributed by atoms with van der Waals surface area (Å²) in [6, 6.07) is 0. The summed E-state index contributed by atoms with van der Waals surface area (Å²) in [5.41, 5.74) is 1.02. The summed E-state index contributed by atoms with van der Waals surface area (Å²) in [6.07, 6.45) is 7.35. The molecule has 1 aliphatic rings. The number of nitrogens with one attached hydrogen (secondary N) is 1. The van der Waals surface area contributed by atoms with Crippen molar-refractivity contribution < 1.29 is 4.74 Å². The predicted molar refractivity (Wildman–Crippen MR) is 82.5 cm³/mol. The van der Waals surface area contributed by atoms with E-state index in [9.17, 15) is 0 Å². The number of rotatable bonds is 9. The summed E-state index contributed by atoms with van der Waals surface area (Å²) >= 11 is 0. The molecule has 0 atom stereocenters. The van der Waals surface area contributed by atoms with Crippen LogP contribution in [0.15, 0.2) is 12.7 Å². The Balaban J connectivity index is 2.10. The molecular weight excluding hydrogens is 250 g/mol. The number of allylic oxidation sites excluding steroid dienone is 1. The van der Waals surface area contributed by atoms with Gasteiger partial charge in [-0.25, -0.2) is 4.98 Å². The van der Waals surface area contributed by atoms with Crippen molar-refractivity contribution in [3.63, 3.8) is 0 Å². The molecule has 1 fully saturated rings. The van der Waals surface area contributed by atoms with Gasteiger partial charge in [-0.05, 0) is 39.0 Å². The van der Waals surface area contributed by atoms with Gasteiger partial charge >= 0.3 is 0 Å². The van der Waals surface area contributed by atoms with Gasteiger partial charge in [0.25, 0.3) is 0 Å². The fourth-order valence-corrected chi connectivity index (χ4v) is 1.99. The Hall–Kier alpha value is -1.58. The van der Waals surface area contributed by atoms with Gasteiger partial charge in [-0.15, -0.1) is 6.58 Å². The van der Waals surface area contributed by atoms with Crippen molar-refractivity contribution in [1.29, 1.82) is 0 Å². The minimum Gasteiger partial charge on any atom is -0.477 e. The molecule has 1 N–H and O–H groups in total. The number of unbranched alkanes of at least 4 members (excludes halogenated alkanes) is 1. The van der Waals surface area contributed by atoms with Crippen molar-refractivity contribution in [3.05, 3.63) is 24.0 Å². The zero-order chi connectivity index (χ0) is 14.4. The molecule has 0 unspecified atom stereocenters. The summed E-state index contributed by atoms with van der Waals surface area (Å²) < 4.78 is 5.84. The molecule has 0 spiro atoms. The Morgan fingerprint density at radius 1 is 1.40 bits per heavy atom. The monoisotopic (exact) mass is 275 g/mol. The normalized spacial score (nSPS) is 14.1. The molecule has 0 amide bonds. The zero-order valence-electron chi connectivity index (χ0n) is 12.6. The topological polar surface area (TPSA) is 47.0 Å². The van der Waals surface area contributed by atoms with Crippen molar-refractivity contribution in [3.8, 4) is 5.88 Å². The zero-order valence-corrected chi connectivity index (χ0v) is 12.6. The van der Waals surface area contributed by atoms with Gasteiger partial charge in [0.2, 0.25) is 5.88 Å². The average molecular weight is 275 g/mol. The minimum atomic E-state index is 0.535. The summed E-state index contributed by atoms with van der Waals surface area (Å²) in [6.45, 7) is 9.51. The number of nitrogens with zero attached hydrogens (tertiary/aromatic N) is 2. The van der Waals surface area contributed by atoms with Crippen LogP contribution in [0.3, 0.4) is 0 Å². The van der Waals surface area contributed by atoms with Crippen LogP contribution in [0.25, 0.3) is 0 Å². The maximum atomic E-state index is 5.84. The van der Waals surface area contributed by atoms with Crippen LogP contribution in [0.1, 0.15) is 56.3 Å². The van der Waals surface area contributed by atoms with E-state index in [0.29, 0.717) is 12.5 Å². The molecular formula is C16H25N3O. The lowest BCUT2D eigenvalue weighted by atomic mass is 10.3. The highest BCUT2D eigenvalue weighted by Crippen LogP contribution is 2.39. The maximum absolute atomic E-state index is 5.84. The van der Waals surface area contributed by atoms with E-state index >= 15 is 0 Å². The van der Waals surface area contributed by atoms with E-state index in [0.717, 1.165) is 48.9 Å². The first-order chi connectivity index (χ1) is 9.76. The molecule has 0 bridgehead atoms. The van der Waals surface area contributed by atoms with Gasteiger partial charge < -0.3 is 10.1 Å². The van der Waals surface area contributed by atoms with E-state index in [2.05, 4.69) is 28.8 Å². The molecule has 0 saturated heterocycles.